The molecule has 0 rings (SSSR count). The number of carbonyl (C=O) groups excluding carboxylic acids is 2. The van der Waals surface area contributed by atoms with Gasteiger partial charge in [0.2, 0.25) is 0 Å². The van der Waals surface area contributed by atoms with E-state index < -0.39 is 30.4 Å². The van der Waals surface area contributed by atoms with Crippen LogP contribution in [-0.4, -0.2) is 63.7 Å². The number of esters is 1. The van der Waals surface area contributed by atoms with Gasteiger partial charge >= 0.3 is 5.97 Å². The molecule has 88 valence electrons. The molecule has 0 aromatic rings. The minimum atomic E-state index is -2.01. The lowest BCUT2D eigenvalue weighted by molar-refractivity contribution is -0.169. The Labute approximate surface area is 85.9 Å². The smallest absolute Gasteiger partial charge is 0.337 e. The Morgan fingerprint density at radius 1 is 1.27 bits per heavy atom. The van der Waals surface area contributed by atoms with E-state index in [1.165, 1.54) is 6.92 Å². The first kappa shape index (κ1) is 14.0. The zero-order valence-corrected chi connectivity index (χ0v) is 8.11. The zero-order chi connectivity index (χ0) is 12.0. The van der Waals surface area contributed by atoms with Crippen LogP contribution in [-0.2, 0) is 14.3 Å². The quantitative estimate of drug-likeness (QED) is 0.282. The molecule has 0 saturated carbocycles. The third-order valence-electron chi connectivity index (χ3n) is 1.69. The van der Waals surface area contributed by atoms with Crippen LogP contribution in [0.4, 0.5) is 0 Å². The van der Waals surface area contributed by atoms with E-state index in [-0.39, 0.29) is 12.9 Å². The zero-order valence-electron chi connectivity index (χ0n) is 8.11. The highest BCUT2D eigenvalue weighted by Crippen LogP contribution is 2.05. The van der Waals surface area contributed by atoms with Crippen molar-refractivity contribution in [3.05, 3.63) is 0 Å². The number of rotatable bonds is 6. The third kappa shape index (κ3) is 3.92. The number of hydrogen-bond donors (Lipinski definition) is 4. The van der Waals surface area contributed by atoms with Crippen molar-refractivity contribution in [1.82, 2.24) is 0 Å². The van der Waals surface area contributed by atoms with E-state index >= 15 is 0 Å². The van der Waals surface area contributed by atoms with Crippen molar-refractivity contribution < 1.29 is 34.8 Å². The monoisotopic (exact) mass is 222 g/mol. The Morgan fingerprint density at radius 3 is 2.20 bits per heavy atom. The van der Waals surface area contributed by atoms with Crippen LogP contribution in [0, 0.1) is 0 Å². The molecular weight excluding hydrogens is 208 g/mol. The number of aliphatic hydroxyl groups excluding tert-OH is 4. The van der Waals surface area contributed by atoms with Crippen LogP contribution in [0.3, 0.4) is 0 Å². The number of aliphatic hydroxyl groups is 4. The van der Waals surface area contributed by atoms with E-state index in [9.17, 15) is 9.59 Å². The molecule has 7 heteroatoms. The van der Waals surface area contributed by atoms with E-state index in [4.69, 9.17) is 20.4 Å². The normalized spacial score (nSPS) is 18.7. The fourth-order valence-electron chi connectivity index (χ4n) is 0.836. The van der Waals surface area contributed by atoms with Gasteiger partial charge in [-0.05, 0) is 6.92 Å². The van der Waals surface area contributed by atoms with Gasteiger partial charge in [-0.2, -0.15) is 0 Å². The highest BCUT2D eigenvalue weighted by Gasteiger charge is 2.34. The molecule has 0 unspecified atom stereocenters. The number of carbonyl (C=O) groups is 2. The summed E-state index contributed by atoms with van der Waals surface area (Å²) in [6.07, 6.45) is -7.82. The van der Waals surface area contributed by atoms with Crippen LogP contribution in [0.1, 0.15) is 6.92 Å². The molecule has 0 amide bonds. The van der Waals surface area contributed by atoms with Gasteiger partial charge in [0.05, 0.1) is 6.61 Å². The summed E-state index contributed by atoms with van der Waals surface area (Å²) in [4.78, 5) is 20.9. The first-order chi connectivity index (χ1) is 6.95. The lowest BCUT2D eigenvalue weighted by Gasteiger charge is -2.22. The summed E-state index contributed by atoms with van der Waals surface area (Å²) in [5, 5.41) is 36.2. The summed E-state index contributed by atoms with van der Waals surface area (Å²) in [5.41, 5.74) is 0. The number of ether oxygens (including phenoxy) is 1. The lowest BCUT2D eigenvalue weighted by Crippen LogP contribution is -2.48. The average Bonchev–Trinajstić information content (AvgIpc) is 2.25. The van der Waals surface area contributed by atoms with Gasteiger partial charge in [-0.3, -0.25) is 0 Å². The standard InChI is InChI=1S/C8H14O7/c1-2-15-8(14)7(13)6(12)5(11)4(10)3-9/h3-7,10-13H,2H2,1H3/t4-,5-,6+,7+/m1/s1. The maximum Gasteiger partial charge on any atom is 0.337 e. The molecule has 0 bridgehead atoms. The molecular formula is C8H14O7. The van der Waals surface area contributed by atoms with E-state index in [1.807, 2.05) is 0 Å². The van der Waals surface area contributed by atoms with Gasteiger partial charge in [0.15, 0.2) is 12.4 Å². The molecule has 4 N–H and O–H groups in total. The maximum atomic E-state index is 10.9. The van der Waals surface area contributed by atoms with Crippen molar-refractivity contribution in [2.45, 2.75) is 31.3 Å². The van der Waals surface area contributed by atoms with E-state index in [0.717, 1.165) is 0 Å². The minimum Gasteiger partial charge on any atom is -0.464 e. The van der Waals surface area contributed by atoms with Crippen LogP contribution in [0.15, 0.2) is 0 Å². The van der Waals surface area contributed by atoms with Crippen LogP contribution >= 0.6 is 0 Å². The lowest BCUT2D eigenvalue weighted by atomic mass is 10.0. The number of aldehydes is 1. The highest BCUT2D eigenvalue weighted by atomic mass is 16.5. The average molecular weight is 222 g/mol. The van der Waals surface area contributed by atoms with E-state index in [2.05, 4.69) is 4.74 Å². The molecule has 0 fully saturated rings. The molecule has 0 aromatic heterocycles. The maximum absolute atomic E-state index is 10.9. The topological polar surface area (TPSA) is 124 Å². The van der Waals surface area contributed by atoms with Gasteiger partial charge in [-0.25, -0.2) is 4.79 Å². The van der Waals surface area contributed by atoms with Crippen molar-refractivity contribution in [3.63, 3.8) is 0 Å². The van der Waals surface area contributed by atoms with E-state index in [1.54, 1.807) is 0 Å². The first-order valence-corrected chi connectivity index (χ1v) is 4.29. The van der Waals surface area contributed by atoms with Crippen molar-refractivity contribution in [2.24, 2.45) is 0 Å². The Bertz CT molecular complexity index is 217. The summed E-state index contributed by atoms with van der Waals surface area (Å²) in [7, 11) is 0. The van der Waals surface area contributed by atoms with Crippen LogP contribution in [0.5, 0.6) is 0 Å². The molecule has 0 aromatic carbocycles. The van der Waals surface area contributed by atoms with Crippen molar-refractivity contribution in [1.29, 1.82) is 0 Å². The molecule has 15 heavy (non-hydrogen) atoms. The van der Waals surface area contributed by atoms with Crippen molar-refractivity contribution >= 4 is 12.3 Å². The fraction of sp³-hybridized carbons (Fsp3) is 0.750. The van der Waals surface area contributed by atoms with Gasteiger partial charge in [0, 0.05) is 0 Å². The summed E-state index contributed by atoms with van der Waals surface area (Å²) in [6, 6.07) is 0. The minimum absolute atomic E-state index is 0.00502. The van der Waals surface area contributed by atoms with Crippen molar-refractivity contribution in [3.8, 4) is 0 Å². The predicted molar refractivity (Wildman–Crippen MR) is 46.7 cm³/mol. The van der Waals surface area contributed by atoms with Gasteiger partial charge in [-0.15, -0.1) is 0 Å². The molecule has 0 saturated heterocycles. The first-order valence-electron chi connectivity index (χ1n) is 4.29. The summed E-state index contributed by atoms with van der Waals surface area (Å²) < 4.78 is 4.36. The second kappa shape index (κ2) is 6.46. The summed E-state index contributed by atoms with van der Waals surface area (Å²) in [6.45, 7) is 1.49. The van der Waals surface area contributed by atoms with Gasteiger partial charge in [0.25, 0.3) is 0 Å². The molecule has 0 aliphatic carbocycles. The van der Waals surface area contributed by atoms with Gasteiger partial charge < -0.3 is 30.0 Å². The molecule has 0 aliphatic rings. The largest absolute Gasteiger partial charge is 0.464 e. The highest BCUT2D eigenvalue weighted by molar-refractivity contribution is 5.75. The second-order valence-corrected chi connectivity index (χ2v) is 2.80. The van der Waals surface area contributed by atoms with Crippen LogP contribution < -0.4 is 0 Å². The van der Waals surface area contributed by atoms with Crippen LogP contribution in [0.25, 0.3) is 0 Å². The molecule has 0 aliphatic heterocycles. The van der Waals surface area contributed by atoms with Crippen molar-refractivity contribution in [2.75, 3.05) is 6.61 Å². The van der Waals surface area contributed by atoms with Gasteiger partial charge in [-0.1, -0.05) is 0 Å². The Balaban J connectivity index is 4.35. The Kier molecular flexibility index (Phi) is 6.02. The van der Waals surface area contributed by atoms with Crippen LogP contribution in [0.2, 0.25) is 0 Å². The molecule has 0 spiro atoms. The SMILES string of the molecule is CCOC(=O)[C@@H](O)[C@@H](O)[C@H](O)[C@H](O)C=O. The Morgan fingerprint density at radius 2 is 1.80 bits per heavy atom. The Hall–Kier alpha value is -1.02. The second-order valence-electron chi connectivity index (χ2n) is 2.80. The fourth-order valence-corrected chi connectivity index (χ4v) is 0.836. The predicted octanol–water partition coefficient (Wildman–Crippen LogP) is -2.81. The summed E-state index contributed by atoms with van der Waals surface area (Å²) in [5.74, 6) is -1.14. The summed E-state index contributed by atoms with van der Waals surface area (Å²) >= 11 is 0. The molecule has 0 radical (unpaired) electrons. The van der Waals surface area contributed by atoms with Gasteiger partial charge in [0.1, 0.15) is 18.3 Å². The third-order valence-corrected chi connectivity index (χ3v) is 1.69. The molecule has 0 heterocycles. The molecule has 4 atom stereocenters. The number of hydrogen-bond acceptors (Lipinski definition) is 7. The molecule has 7 nitrogen and oxygen atoms in total. The van der Waals surface area contributed by atoms with E-state index in [0.29, 0.717) is 0 Å².